The second-order valence-electron chi connectivity index (χ2n) is 6.55. The Hall–Kier alpha value is -2.44. The van der Waals surface area contributed by atoms with Crippen LogP contribution in [0.25, 0.3) is 0 Å². The molecule has 3 heterocycles. The van der Waals surface area contributed by atoms with Gasteiger partial charge in [0.15, 0.2) is 5.82 Å². The normalized spacial score (nSPS) is 17.8. The summed E-state index contributed by atoms with van der Waals surface area (Å²) in [6, 6.07) is 0. The van der Waals surface area contributed by atoms with Crippen molar-refractivity contribution in [1.82, 2.24) is 24.4 Å². The van der Waals surface area contributed by atoms with Crippen molar-refractivity contribution >= 4 is 11.7 Å². The lowest BCUT2D eigenvalue weighted by atomic mass is 9.93. The number of nitrogens with zero attached hydrogens (tertiary/aromatic N) is 6. The van der Waals surface area contributed by atoms with E-state index in [0.717, 1.165) is 43.9 Å². The second kappa shape index (κ2) is 6.98. The Morgan fingerprint density at radius 2 is 2.04 bits per heavy atom. The van der Waals surface area contributed by atoms with Gasteiger partial charge in [-0.3, -0.25) is 9.78 Å². The number of rotatable bonds is 4. The third kappa shape index (κ3) is 3.39. The van der Waals surface area contributed by atoms with E-state index in [1.807, 2.05) is 30.9 Å². The first-order chi connectivity index (χ1) is 11.6. The number of aromatic nitrogens is 4. The third-order valence-electron chi connectivity index (χ3n) is 4.48. The monoisotopic (exact) mass is 328 g/mol. The van der Waals surface area contributed by atoms with Gasteiger partial charge in [-0.05, 0) is 25.2 Å². The SMILES string of the molecule is CN(C)c1nccnc1CC1CCCN(C(=O)c2nccn2C)C1. The van der Waals surface area contributed by atoms with Gasteiger partial charge in [0.05, 0.1) is 5.69 Å². The molecular weight excluding hydrogens is 304 g/mol. The average Bonchev–Trinajstić information content (AvgIpc) is 3.01. The predicted molar refractivity (Wildman–Crippen MR) is 91.9 cm³/mol. The highest BCUT2D eigenvalue weighted by Crippen LogP contribution is 2.24. The van der Waals surface area contributed by atoms with E-state index >= 15 is 0 Å². The Kier molecular flexibility index (Phi) is 4.78. The van der Waals surface area contributed by atoms with Gasteiger partial charge in [0.1, 0.15) is 5.82 Å². The zero-order chi connectivity index (χ0) is 17.1. The van der Waals surface area contributed by atoms with Gasteiger partial charge in [-0.1, -0.05) is 0 Å². The van der Waals surface area contributed by atoms with E-state index in [1.165, 1.54) is 0 Å². The maximum atomic E-state index is 12.7. The molecule has 1 fully saturated rings. The second-order valence-corrected chi connectivity index (χ2v) is 6.55. The summed E-state index contributed by atoms with van der Waals surface area (Å²) in [5.41, 5.74) is 0.999. The Bertz CT molecular complexity index is 711. The molecule has 1 unspecified atom stereocenters. The zero-order valence-electron chi connectivity index (χ0n) is 14.5. The molecule has 1 aliphatic heterocycles. The molecule has 1 atom stereocenters. The minimum atomic E-state index is 0.0131. The van der Waals surface area contributed by atoms with Crippen LogP contribution in [0, 0.1) is 5.92 Å². The first-order valence-electron chi connectivity index (χ1n) is 8.30. The molecule has 0 spiro atoms. The topological polar surface area (TPSA) is 67.2 Å². The van der Waals surface area contributed by atoms with Crippen molar-refractivity contribution in [2.24, 2.45) is 13.0 Å². The maximum absolute atomic E-state index is 12.7. The number of hydrogen-bond acceptors (Lipinski definition) is 5. The number of amides is 1. The van der Waals surface area contributed by atoms with E-state index < -0.39 is 0 Å². The van der Waals surface area contributed by atoms with E-state index in [-0.39, 0.29) is 5.91 Å². The molecule has 7 heteroatoms. The summed E-state index contributed by atoms with van der Waals surface area (Å²) in [5.74, 6) is 1.83. The molecule has 2 aromatic heterocycles. The molecule has 0 radical (unpaired) electrons. The van der Waals surface area contributed by atoms with Gasteiger partial charge in [0.25, 0.3) is 5.91 Å². The molecule has 0 aromatic carbocycles. The van der Waals surface area contributed by atoms with E-state index in [1.54, 1.807) is 29.4 Å². The van der Waals surface area contributed by atoms with Crippen LogP contribution in [0.2, 0.25) is 0 Å². The molecular formula is C17H24N6O. The molecule has 24 heavy (non-hydrogen) atoms. The zero-order valence-corrected chi connectivity index (χ0v) is 14.5. The summed E-state index contributed by atoms with van der Waals surface area (Å²) in [4.78, 5) is 29.7. The van der Waals surface area contributed by atoms with Crippen LogP contribution in [0.5, 0.6) is 0 Å². The number of anilines is 1. The number of carbonyl (C=O) groups excluding carboxylic acids is 1. The summed E-state index contributed by atoms with van der Waals surface area (Å²) < 4.78 is 1.78. The van der Waals surface area contributed by atoms with Crippen LogP contribution < -0.4 is 4.90 Å². The molecule has 0 bridgehead atoms. The third-order valence-corrected chi connectivity index (χ3v) is 4.48. The van der Waals surface area contributed by atoms with E-state index in [0.29, 0.717) is 11.7 Å². The minimum Gasteiger partial charge on any atom is -0.361 e. The number of carbonyl (C=O) groups is 1. The molecule has 3 rings (SSSR count). The standard InChI is InChI=1S/C17H24N6O/c1-21(2)15-14(18-6-7-19-15)11-13-5-4-9-23(12-13)17(24)16-20-8-10-22(16)3/h6-8,10,13H,4-5,9,11-12H2,1-3H3. The number of imidazole rings is 1. The van der Waals surface area contributed by atoms with Crippen LogP contribution in [-0.4, -0.2) is 57.5 Å². The van der Waals surface area contributed by atoms with Crippen molar-refractivity contribution in [3.05, 3.63) is 36.3 Å². The van der Waals surface area contributed by atoms with Gasteiger partial charge in [0, 0.05) is 59.0 Å². The average molecular weight is 328 g/mol. The summed E-state index contributed by atoms with van der Waals surface area (Å²) in [5, 5.41) is 0. The number of aryl methyl sites for hydroxylation is 1. The van der Waals surface area contributed by atoms with Crippen LogP contribution in [0.4, 0.5) is 5.82 Å². The first kappa shape index (κ1) is 16.4. The van der Waals surface area contributed by atoms with Crippen LogP contribution in [0.15, 0.2) is 24.8 Å². The van der Waals surface area contributed by atoms with Crippen LogP contribution in [0.3, 0.4) is 0 Å². The highest BCUT2D eigenvalue weighted by Gasteiger charge is 2.27. The van der Waals surface area contributed by atoms with E-state index in [4.69, 9.17) is 0 Å². The highest BCUT2D eigenvalue weighted by molar-refractivity contribution is 5.90. The first-order valence-corrected chi connectivity index (χ1v) is 8.30. The quantitative estimate of drug-likeness (QED) is 0.848. The van der Waals surface area contributed by atoms with E-state index in [2.05, 4.69) is 15.0 Å². The molecule has 128 valence electrons. The molecule has 0 N–H and O–H groups in total. The van der Waals surface area contributed by atoms with Crippen molar-refractivity contribution in [3.63, 3.8) is 0 Å². The Balaban J connectivity index is 1.70. The van der Waals surface area contributed by atoms with Crippen molar-refractivity contribution in [1.29, 1.82) is 0 Å². The fourth-order valence-electron chi connectivity index (χ4n) is 3.28. The molecule has 0 aliphatic carbocycles. The molecule has 1 amide bonds. The van der Waals surface area contributed by atoms with Crippen LogP contribution >= 0.6 is 0 Å². The highest BCUT2D eigenvalue weighted by atomic mass is 16.2. The molecule has 2 aromatic rings. The molecule has 7 nitrogen and oxygen atoms in total. The smallest absolute Gasteiger partial charge is 0.289 e. The van der Waals surface area contributed by atoms with Gasteiger partial charge < -0.3 is 14.4 Å². The summed E-state index contributed by atoms with van der Waals surface area (Å²) >= 11 is 0. The van der Waals surface area contributed by atoms with Gasteiger partial charge in [-0.15, -0.1) is 0 Å². The van der Waals surface area contributed by atoms with Gasteiger partial charge in [-0.2, -0.15) is 0 Å². The predicted octanol–water partition coefficient (Wildman–Crippen LogP) is 1.37. The number of piperidine rings is 1. The number of likely N-dealkylation sites (tertiary alicyclic amines) is 1. The molecule has 1 saturated heterocycles. The fourth-order valence-corrected chi connectivity index (χ4v) is 3.28. The van der Waals surface area contributed by atoms with Gasteiger partial charge in [-0.25, -0.2) is 9.97 Å². The fraction of sp³-hybridized carbons (Fsp3) is 0.529. The summed E-state index contributed by atoms with van der Waals surface area (Å²) in [6.07, 6.45) is 9.88. The van der Waals surface area contributed by atoms with Gasteiger partial charge >= 0.3 is 0 Å². The van der Waals surface area contributed by atoms with Crippen molar-refractivity contribution in [2.75, 3.05) is 32.1 Å². The minimum absolute atomic E-state index is 0.0131. The largest absolute Gasteiger partial charge is 0.361 e. The molecule has 0 saturated carbocycles. The van der Waals surface area contributed by atoms with Crippen LogP contribution in [-0.2, 0) is 13.5 Å². The Morgan fingerprint density at radius 3 is 2.75 bits per heavy atom. The van der Waals surface area contributed by atoms with Crippen molar-refractivity contribution < 1.29 is 4.79 Å². The summed E-state index contributed by atoms with van der Waals surface area (Å²) in [7, 11) is 5.81. The van der Waals surface area contributed by atoms with Crippen LogP contribution in [0.1, 0.15) is 29.2 Å². The maximum Gasteiger partial charge on any atom is 0.289 e. The lowest BCUT2D eigenvalue weighted by Crippen LogP contribution is -2.41. The number of hydrogen-bond donors (Lipinski definition) is 0. The van der Waals surface area contributed by atoms with E-state index in [9.17, 15) is 4.79 Å². The van der Waals surface area contributed by atoms with Crippen molar-refractivity contribution in [3.8, 4) is 0 Å². The lowest BCUT2D eigenvalue weighted by Gasteiger charge is -2.32. The van der Waals surface area contributed by atoms with Gasteiger partial charge in [0.2, 0.25) is 0 Å². The Morgan fingerprint density at radius 1 is 1.25 bits per heavy atom. The summed E-state index contributed by atoms with van der Waals surface area (Å²) in [6.45, 7) is 1.54. The molecule has 1 aliphatic rings. The Labute approximate surface area is 142 Å². The van der Waals surface area contributed by atoms with Crippen molar-refractivity contribution in [2.45, 2.75) is 19.3 Å². The lowest BCUT2D eigenvalue weighted by molar-refractivity contribution is 0.0657.